The molecule has 0 aliphatic rings. The number of hydrogen-bond acceptors (Lipinski definition) is 6. The second-order valence-corrected chi connectivity index (χ2v) is 3.87. The van der Waals surface area contributed by atoms with Crippen molar-refractivity contribution in [2.45, 2.75) is 6.04 Å². The minimum absolute atomic E-state index is 0.0126. The molecule has 17 heavy (non-hydrogen) atoms. The van der Waals surface area contributed by atoms with E-state index in [0.29, 0.717) is 0 Å². The van der Waals surface area contributed by atoms with Gasteiger partial charge in [-0.3, -0.25) is 14.9 Å². The number of nitrogens with one attached hydrogen (secondary N) is 1. The van der Waals surface area contributed by atoms with E-state index >= 15 is 0 Å². The summed E-state index contributed by atoms with van der Waals surface area (Å²) in [7, 11) is 0. The molecule has 1 amide bonds. The van der Waals surface area contributed by atoms with E-state index in [4.69, 9.17) is 10.2 Å². The number of nitrogens with zero attached hydrogens (tertiary/aromatic N) is 1. The number of carboxylic acids is 1. The molecule has 1 heterocycles. The third kappa shape index (κ3) is 3.23. The van der Waals surface area contributed by atoms with Crippen LogP contribution < -0.4 is 5.32 Å². The smallest absolute Gasteiger partial charge is 0.328 e. The van der Waals surface area contributed by atoms with Crippen molar-refractivity contribution in [2.24, 2.45) is 0 Å². The van der Waals surface area contributed by atoms with Gasteiger partial charge in [-0.15, -0.1) is 0 Å². The van der Waals surface area contributed by atoms with Crippen molar-refractivity contribution in [3.8, 4) is 0 Å². The Bertz CT molecular complexity index is 457. The summed E-state index contributed by atoms with van der Waals surface area (Å²) in [5, 5.41) is 30.7. The highest BCUT2D eigenvalue weighted by molar-refractivity contribution is 7.13. The van der Waals surface area contributed by atoms with Crippen molar-refractivity contribution >= 4 is 28.2 Å². The maximum Gasteiger partial charge on any atom is 0.328 e. The number of aliphatic hydroxyl groups excluding tert-OH is 1. The van der Waals surface area contributed by atoms with Gasteiger partial charge in [-0.2, -0.15) is 0 Å². The first-order chi connectivity index (χ1) is 7.95. The molecule has 1 atom stereocenters. The summed E-state index contributed by atoms with van der Waals surface area (Å²) in [5.74, 6) is -2.17. The summed E-state index contributed by atoms with van der Waals surface area (Å²) < 4.78 is 0. The molecule has 0 bridgehead atoms. The van der Waals surface area contributed by atoms with Gasteiger partial charge >= 0.3 is 11.0 Å². The first-order valence-corrected chi connectivity index (χ1v) is 5.21. The predicted molar refractivity (Wildman–Crippen MR) is 56.9 cm³/mol. The van der Waals surface area contributed by atoms with Gasteiger partial charge in [-0.25, -0.2) is 4.79 Å². The highest BCUT2D eigenvalue weighted by Gasteiger charge is 2.21. The standard InChI is InChI=1S/C8H8N2O6S/c11-2-5(8(13)14)9-7(12)4-1-6(10(15)16)17-3-4/h1,3,5,11H,2H2,(H,9,12)(H,13,14)/t5-/m1/s1. The van der Waals surface area contributed by atoms with Gasteiger partial charge in [0.2, 0.25) is 0 Å². The molecule has 1 aromatic heterocycles. The number of carbonyl (C=O) groups is 2. The van der Waals surface area contributed by atoms with E-state index in [-0.39, 0.29) is 10.6 Å². The highest BCUT2D eigenvalue weighted by atomic mass is 32.1. The summed E-state index contributed by atoms with van der Waals surface area (Å²) in [6.07, 6.45) is 0. The van der Waals surface area contributed by atoms with E-state index in [0.717, 1.165) is 17.4 Å². The average Bonchev–Trinajstić information content (AvgIpc) is 2.74. The molecule has 8 nitrogen and oxygen atoms in total. The Kier molecular flexibility index (Phi) is 4.12. The van der Waals surface area contributed by atoms with Crippen molar-refractivity contribution in [3.63, 3.8) is 0 Å². The quantitative estimate of drug-likeness (QED) is 0.497. The summed E-state index contributed by atoms with van der Waals surface area (Å²) in [6.45, 7) is -0.757. The van der Waals surface area contributed by atoms with Gasteiger partial charge in [-0.05, 0) is 0 Å². The van der Waals surface area contributed by atoms with Crippen molar-refractivity contribution in [2.75, 3.05) is 6.61 Å². The van der Waals surface area contributed by atoms with E-state index in [2.05, 4.69) is 0 Å². The minimum Gasteiger partial charge on any atom is -0.480 e. The molecule has 0 radical (unpaired) electrons. The fourth-order valence-electron chi connectivity index (χ4n) is 0.967. The molecule has 1 rings (SSSR count). The second-order valence-electron chi connectivity index (χ2n) is 2.98. The third-order valence-corrected chi connectivity index (χ3v) is 2.69. The van der Waals surface area contributed by atoms with Gasteiger partial charge in [0.1, 0.15) is 0 Å². The zero-order valence-electron chi connectivity index (χ0n) is 8.32. The molecular weight excluding hydrogens is 252 g/mol. The molecule has 0 spiro atoms. The highest BCUT2D eigenvalue weighted by Crippen LogP contribution is 2.22. The number of aliphatic hydroxyl groups is 1. The van der Waals surface area contributed by atoms with Crippen LogP contribution in [-0.4, -0.2) is 39.7 Å². The van der Waals surface area contributed by atoms with Crippen molar-refractivity contribution in [3.05, 3.63) is 27.1 Å². The zero-order chi connectivity index (χ0) is 13.0. The van der Waals surface area contributed by atoms with Crippen LogP contribution in [0.3, 0.4) is 0 Å². The SMILES string of the molecule is O=C(N[C@H](CO)C(=O)O)c1csc([N+](=O)[O-])c1. The molecule has 0 unspecified atom stereocenters. The van der Waals surface area contributed by atoms with Crippen LogP contribution in [0.5, 0.6) is 0 Å². The normalized spacial score (nSPS) is 11.8. The summed E-state index contributed by atoms with van der Waals surface area (Å²) in [5.41, 5.74) is -0.0126. The van der Waals surface area contributed by atoms with Crippen LogP contribution in [0.15, 0.2) is 11.4 Å². The van der Waals surface area contributed by atoms with Crippen LogP contribution >= 0.6 is 11.3 Å². The third-order valence-electron chi connectivity index (χ3n) is 1.81. The Hall–Kier alpha value is -2.00. The van der Waals surface area contributed by atoms with E-state index in [1.165, 1.54) is 5.38 Å². The summed E-state index contributed by atoms with van der Waals surface area (Å²) in [4.78, 5) is 31.7. The summed E-state index contributed by atoms with van der Waals surface area (Å²) in [6, 6.07) is -0.391. The van der Waals surface area contributed by atoms with Crippen LogP contribution in [0.4, 0.5) is 5.00 Å². The summed E-state index contributed by atoms with van der Waals surface area (Å²) >= 11 is 0.759. The number of carboxylic acid groups (broad SMARTS) is 1. The fraction of sp³-hybridized carbons (Fsp3) is 0.250. The van der Waals surface area contributed by atoms with Crippen LogP contribution in [0.1, 0.15) is 10.4 Å². The molecule has 0 aromatic carbocycles. The lowest BCUT2D eigenvalue weighted by Crippen LogP contribution is -2.43. The van der Waals surface area contributed by atoms with Gasteiger partial charge in [0.05, 0.1) is 17.1 Å². The van der Waals surface area contributed by atoms with Crippen LogP contribution in [0.2, 0.25) is 0 Å². The van der Waals surface area contributed by atoms with Crippen LogP contribution in [0, 0.1) is 10.1 Å². The molecule has 1 aromatic rings. The Balaban J connectivity index is 2.75. The van der Waals surface area contributed by atoms with Crippen molar-refractivity contribution in [1.29, 1.82) is 0 Å². The predicted octanol–water partition coefficient (Wildman–Crippen LogP) is -0.168. The molecule has 0 saturated carbocycles. The monoisotopic (exact) mass is 260 g/mol. The van der Waals surface area contributed by atoms with E-state index in [9.17, 15) is 19.7 Å². The Morgan fingerprint density at radius 2 is 2.24 bits per heavy atom. The molecule has 3 N–H and O–H groups in total. The van der Waals surface area contributed by atoms with Gasteiger partial charge < -0.3 is 15.5 Å². The minimum atomic E-state index is -1.43. The van der Waals surface area contributed by atoms with Gasteiger partial charge in [0, 0.05) is 11.4 Å². The first-order valence-electron chi connectivity index (χ1n) is 4.33. The van der Waals surface area contributed by atoms with Crippen LogP contribution in [-0.2, 0) is 4.79 Å². The number of amides is 1. The second kappa shape index (κ2) is 5.37. The number of rotatable bonds is 5. The first kappa shape index (κ1) is 13.1. The molecule has 0 aliphatic heterocycles. The maximum absolute atomic E-state index is 11.5. The average molecular weight is 260 g/mol. The van der Waals surface area contributed by atoms with Gasteiger partial charge in [-0.1, -0.05) is 11.3 Å². The molecule has 9 heteroatoms. The molecule has 0 saturated heterocycles. The Morgan fingerprint density at radius 1 is 1.59 bits per heavy atom. The largest absolute Gasteiger partial charge is 0.480 e. The van der Waals surface area contributed by atoms with E-state index in [1.54, 1.807) is 0 Å². The van der Waals surface area contributed by atoms with Gasteiger partial charge in [0.15, 0.2) is 6.04 Å². The van der Waals surface area contributed by atoms with Crippen molar-refractivity contribution in [1.82, 2.24) is 5.32 Å². The Labute approximate surface area is 98.6 Å². The molecule has 92 valence electrons. The van der Waals surface area contributed by atoms with Gasteiger partial charge in [0.25, 0.3) is 5.91 Å². The maximum atomic E-state index is 11.5. The van der Waals surface area contributed by atoms with E-state index < -0.39 is 29.4 Å². The van der Waals surface area contributed by atoms with E-state index in [1.807, 2.05) is 5.32 Å². The lowest BCUT2D eigenvalue weighted by molar-refractivity contribution is -0.380. The molecule has 0 aliphatic carbocycles. The number of hydrogen-bond donors (Lipinski definition) is 3. The number of aliphatic carboxylic acids is 1. The Morgan fingerprint density at radius 3 is 2.65 bits per heavy atom. The zero-order valence-corrected chi connectivity index (χ0v) is 9.14. The van der Waals surface area contributed by atoms with Crippen LogP contribution in [0.25, 0.3) is 0 Å². The number of carbonyl (C=O) groups excluding carboxylic acids is 1. The lowest BCUT2D eigenvalue weighted by Gasteiger charge is -2.10. The number of nitro groups is 1. The number of thiophene rings is 1. The molecular formula is C8H8N2O6S. The molecule has 0 fully saturated rings. The lowest BCUT2D eigenvalue weighted by atomic mass is 10.2. The fourth-order valence-corrected chi connectivity index (χ4v) is 1.67. The van der Waals surface area contributed by atoms with Crippen molar-refractivity contribution < 1.29 is 24.7 Å². The topological polar surface area (TPSA) is 130 Å².